The summed E-state index contributed by atoms with van der Waals surface area (Å²) in [6.07, 6.45) is -1.07. The largest absolute Gasteiger partial charge is 0.476 e. The number of nitrogens with one attached hydrogen (secondary N) is 1. The van der Waals surface area contributed by atoms with Crippen LogP contribution in [0.2, 0.25) is 5.02 Å². The number of benzene rings is 3. The molecule has 0 radical (unpaired) electrons. The molecule has 164 valence electrons. The number of anilines is 2. The first-order chi connectivity index (χ1) is 15.4. The molecule has 32 heavy (non-hydrogen) atoms. The van der Waals surface area contributed by atoms with Crippen LogP contribution >= 0.6 is 11.6 Å². The Balaban J connectivity index is 1.44. The van der Waals surface area contributed by atoms with Gasteiger partial charge in [0.2, 0.25) is 6.79 Å². The highest BCUT2D eigenvalue weighted by atomic mass is 35.5. The molecule has 5 rings (SSSR count). The summed E-state index contributed by atoms with van der Waals surface area (Å²) < 4.78 is 44.4. The topological polar surface area (TPSA) is 94.2 Å². The van der Waals surface area contributed by atoms with Gasteiger partial charge in [-0.1, -0.05) is 23.7 Å². The van der Waals surface area contributed by atoms with Gasteiger partial charge in [-0.3, -0.25) is 9.10 Å². The van der Waals surface area contributed by atoms with Crippen LogP contribution in [0.25, 0.3) is 0 Å². The number of ether oxygens (including phenoxy) is 3. The molecule has 1 atom stereocenters. The van der Waals surface area contributed by atoms with Crippen molar-refractivity contribution in [2.45, 2.75) is 11.0 Å². The monoisotopic (exact) mass is 472 g/mol. The van der Waals surface area contributed by atoms with E-state index in [2.05, 4.69) is 5.32 Å². The molecule has 1 amide bonds. The van der Waals surface area contributed by atoms with Crippen molar-refractivity contribution in [2.24, 2.45) is 0 Å². The standard InChI is InChI=1S/C22H17ClN2O6S/c23-14-5-8-16(9-6-14)32(27,28)25-12-21(31-18-4-2-1-3-17(18)25)22(26)24-15-7-10-19-20(11-15)30-13-29-19/h1-11,21H,12-13H2,(H,24,26)/t21-/m0/s1. The average Bonchev–Trinajstić information content (AvgIpc) is 3.26. The maximum atomic E-state index is 13.4. The number of halogens is 1. The minimum absolute atomic E-state index is 0.0635. The maximum absolute atomic E-state index is 13.4. The van der Waals surface area contributed by atoms with Crippen molar-refractivity contribution in [2.75, 3.05) is 23.0 Å². The van der Waals surface area contributed by atoms with E-state index in [1.54, 1.807) is 42.5 Å². The van der Waals surface area contributed by atoms with E-state index >= 15 is 0 Å². The van der Waals surface area contributed by atoms with E-state index in [1.807, 2.05) is 0 Å². The van der Waals surface area contributed by atoms with E-state index in [0.29, 0.717) is 33.6 Å². The van der Waals surface area contributed by atoms with Gasteiger partial charge in [-0.15, -0.1) is 0 Å². The number of nitrogens with zero attached hydrogens (tertiary/aromatic N) is 1. The summed E-state index contributed by atoms with van der Waals surface area (Å²) in [6, 6.07) is 17.5. The number of sulfonamides is 1. The quantitative estimate of drug-likeness (QED) is 0.622. The van der Waals surface area contributed by atoms with E-state index in [-0.39, 0.29) is 18.2 Å². The Hall–Kier alpha value is -3.43. The molecule has 0 saturated heterocycles. The highest BCUT2D eigenvalue weighted by molar-refractivity contribution is 7.92. The molecule has 0 aromatic heterocycles. The highest BCUT2D eigenvalue weighted by Crippen LogP contribution is 2.38. The van der Waals surface area contributed by atoms with E-state index in [9.17, 15) is 13.2 Å². The minimum atomic E-state index is -3.96. The first-order valence-electron chi connectivity index (χ1n) is 9.66. The van der Waals surface area contributed by atoms with Crippen LogP contribution in [-0.4, -0.2) is 33.8 Å². The third kappa shape index (κ3) is 3.69. The Kier molecular flexibility index (Phi) is 5.07. The van der Waals surface area contributed by atoms with Gasteiger partial charge in [-0.2, -0.15) is 0 Å². The summed E-state index contributed by atoms with van der Waals surface area (Å²) in [7, 11) is -3.96. The Bertz CT molecular complexity index is 1300. The lowest BCUT2D eigenvalue weighted by atomic mass is 10.2. The normalized spacial score (nSPS) is 16.8. The summed E-state index contributed by atoms with van der Waals surface area (Å²) >= 11 is 5.91. The zero-order valence-corrected chi connectivity index (χ0v) is 18.1. The van der Waals surface area contributed by atoms with Gasteiger partial charge in [-0.05, 0) is 48.5 Å². The molecule has 3 aromatic carbocycles. The fraction of sp³-hybridized carbons (Fsp3) is 0.136. The number of rotatable bonds is 4. The van der Waals surface area contributed by atoms with Crippen LogP contribution in [0.5, 0.6) is 17.2 Å². The van der Waals surface area contributed by atoms with Gasteiger partial charge in [0.05, 0.1) is 17.1 Å². The first-order valence-corrected chi connectivity index (χ1v) is 11.5. The van der Waals surface area contributed by atoms with Crippen LogP contribution in [0.15, 0.2) is 71.6 Å². The second-order valence-electron chi connectivity index (χ2n) is 7.12. The minimum Gasteiger partial charge on any atom is -0.476 e. The SMILES string of the molecule is O=C(Nc1ccc2c(c1)OCO2)[C@@H]1CN(S(=O)(=O)c2ccc(Cl)cc2)c2ccccc2O1. The fourth-order valence-corrected chi connectivity index (χ4v) is 5.10. The summed E-state index contributed by atoms with van der Waals surface area (Å²) in [5.41, 5.74) is 0.836. The van der Waals surface area contributed by atoms with Gasteiger partial charge >= 0.3 is 0 Å². The molecule has 2 aliphatic rings. The molecule has 10 heteroatoms. The molecule has 0 spiro atoms. The molecule has 1 N–H and O–H groups in total. The van der Waals surface area contributed by atoms with Gasteiger partial charge in [-0.25, -0.2) is 8.42 Å². The van der Waals surface area contributed by atoms with E-state index < -0.39 is 22.0 Å². The van der Waals surface area contributed by atoms with Crippen LogP contribution < -0.4 is 23.8 Å². The average molecular weight is 473 g/mol. The first kappa shape index (κ1) is 20.5. The Labute approximate surface area is 189 Å². The number of amides is 1. The Morgan fingerprint density at radius 1 is 0.969 bits per heavy atom. The molecule has 0 saturated carbocycles. The van der Waals surface area contributed by atoms with Crippen molar-refractivity contribution >= 4 is 38.9 Å². The lowest BCUT2D eigenvalue weighted by Gasteiger charge is -2.34. The van der Waals surface area contributed by atoms with Gasteiger partial charge in [0.25, 0.3) is 15.9 Å². The molecule has 3 aromatic rings. The lowest BCUT2D eigenvalue weighted by molar-refractivity contribution is -0.122. The van der Waals surface area contributed by atoms with Crippen molar-refractivity contribution in [1.82, 2.24) is 0 Å². The fourth-order valence-electron chi connectivity index (χ4n) is 3.50. The van der Waals surface area contributed by atoms with Crippen LogP contribution in [0.3, 0.4) is 0 Å². The maximum Gasteiger partial charge on any atom is 0.267 e. The number of hydrogen-bond acceptors (Lipinski definition) is 6. The number of hydrogen-bond donors (Lipinski definition) is 1. The second-order valence-corrected chi connectivity index (χ2v) is 9.42. The third-order valence-electron chi connectivity index (χ3n) is 5.07. The highest BCUT2D eigenvalue weighted by Gasteiger charge is 2.37. The summed E-state index contributed by atoms with van der Waals surface area (Å²) in [5.74, 6) is 0.910. The van der Waals surface area contributed by atoms with Crippen LogP contribution in [0.4, 0.5) is 11.4 Å². The van der Waals surface area contributed by atoms with Gasteiger partial charge < -0.3 is 19.5 Å². The predicted molar refractivity (Wildman–Crippen MR) is 118 cm³/mol. The molecule has 8 nitrogen and oxygen atoms in total. The van der Waals surface area contributed by atoms with Gasteiger partial charge in [0.15, 0.2) is 17.6 Å². The molecule has 0 bridgehead atoms. The summed E-state index contributed by atoms with van der Waals surface area (Å²) in [6.45, 7) is -0.0782. The Morgan fingerprint density at radius 2 is 1.72 bits per heavy atom. The van der Waals surface area contributed by atoms with Crippen molar-refractivity contribution in [3.8, 4) is 17.2 Å². The van der Waals surface area contributed by atoms with Crippen molar-refractivity contribution in [3.05, 3.63) is 71.8 Å². The van der Waals surface area contributed by atoms with Crippen molar-refractivity contribution < 1.29 is 27.4 Å². The molecular weight excluding hydrogens is 456 g/mol. The molecule has 2 heterocycles. The predicted octanol–water partition coefficient (Wildman–Crippen LogP) is 3.66. The number of fused-ring (bicyclic) bond motifs is 2. The zero-order valence-electron chi connectivity index (χ0n) is 16.5. The van der Waals surface area contributed by atoms with E-state index in [1.165, 1.54) is 28.6 Å². The van der Waals surface area contributed by atoms with Crippen LogP contribution in [0, 0.1) is 0 Å². The van der Waals surface area contributed by atoms with Crippen LogP contribution in [0.1, 0.15) is 0 Å². The summed E-state index contributed by atoms with van der Waals surface area (Å²) in [4.78, 5) is 13.0. The van der Waals surface area contributed by atoms with Crippen molar-refractivity contribution in [3.63, 3.8) is 0 Å². The van der Waals surface area contributed by atoms with E-state index in [4.69, 9.17) is 25.8 Å². The third-order valence-corrected chi connectivity index (χ3v) is 7.11. The molecule has 0 aliphatic carbocycles. The molecular formula is C22H17ClN2O6S. The van der Waals surface area contributed by atoms with Crippen LogP contribution in [-0.2, 0) is 14.8 Å². The number of para-hydroxylation sites is 2. The molecule has 0 fully saturated rings. The summed E-state index contributed by atoms with van der Waals surface area (Å²) in [5, 5.41) is 3.18. The van der Waals surface area contributed by atoms with Gasteiger partial charge in [0.1, 0.15) is 5.75 Å². The molecule has 0 unspecified atom stereocenters. The Morgan fingerprint density at radius 3 is 2.53 bits per heavy atom. The lowest BCUT2D eigenvalue weighted by Crippen LogP contribution is -2.48. The molecule has 2 aliphatic heterocycles. The van der Waals surface area contributed by atoms with E-state index in [0.717, 1.165) is 0 Å². The van der Waals surface area contributed by atoms with Gasteiger partial charge in [0, 0.05) is 16.8 Å². The second kappa shape index (κ2) is 7.92. The number of carbonyl (C=O) groups excluding carboxylic acids is 1. The smallest absolute Gasteiger partial charge is 0.267 e. The zero-order chi connectivity index (χ0) is 22.3. The van der Waals surface area contributed by atoms with Crippen molar-refractivity contribution in [1.29, 1.82) is 0 Å². The number of carbonyl (C=O) groups is 1.